The van der Waals surface area contributed by atoms with E-state index in [-0.39, 0.29) is 0 Å². The van der Waals surface area contributed by atoms with Gasteiger partial charge in [-0.1, -0.05) is 32.6 Å². The maximum absolute atomic E-state index is 2.52. The largest absolute Gasteiger partial charge is 0.0654 e. The van der Waals surface area contributed by atoms with Crippen molar-refractivity contribution in [2.24, 2.45) is 5.92 Å². The van der Waals surface area contributed by atoms with Crippen LogP contribution in [0, 0.1) is 18.8 Å². The third-order valence-corrected chi connectivity index (χ3v) is 2.52. The minimum atomic E-state index is 0.926. The van der Waals surface area contributed by atoms with E-state index in [1.807, 2.05) is 0 Å². The van der Waals surface area contributed by atoms with Crippen molar-refractivity contribution in [2.45, 2.75) is 51.9 Å². The van der Waals surface area contributed by atoms with Crippen molar-refractivity contribution in [3.05, 3.63) is 12.8 Å². The van der Waals surface area contributed by atoms with Crippen LogP contribution in [-0.4, -0.2) is 0 Å². The summed E-state index contributed by atoms with van der Waals surface area (Å²) >= 11 is 0. The molecule has 0 amide bonds. The highest BCUT2D eigenvalue weighted by molar-refractivity contribution is 4.88. The van der Waals surface area contributed by atoms with Gasteiger partial charge in [-0.15, -0.1) is 0 Å². The van der Waals surface area contributed by atoms with Crippen LogP contribution in [-0.2, 0) is 0 Å². The molecule has 1 rings (SSSR count). The molecule has 0 saturated heterocycles. The lowest BCUT2D eigenvalue weighted by Crippen LogP contribution is -2.06. The fraction of sp³-hybridized carbons (Fsp3) is 0.818. The quantitative estimate of drug-likeness (QED) is 0.538. The zero-order chi connectivity index (χ0) is 7.94. The molecule has 0 aromatic rings. The van der Waals surface area contributed by atoms with Crippen LogP contribution < -0.4 is 0 Å². The Morgan fingerprint density at radius 3 is 2.82 bits per heavy atom. The lowest BCUT2D eigenvalue weighted by Gasteiger charge is -2.20. The number of unbranched alkanes of at least 4 members (excludes halogenated alkanes) is 2. The van der Waals surface area contributed by atoms with E-state index in [1.165, 1.54) is 44.9 Å². The summed E-state index contributed by atoms with van der Waals surface area (Å²) in [6.45, 7) is 2.27. The summed E-state index contributed by atoms with van der Waals surface area (Å²) in [4.78, 5) is 0. The fourth-order valence-corrected chi connectivity index (χ4v) is 1.77. The van der Waals surface area contributed by atoms with Gasteiger partial charge in [0.2, 0.25) is 0 Å². The molecular weight excluding hydrogens is 132 g/mol. The van der Waals surface area contributed by atoms with Crippen molar-refractivity contribution in [1.82, 2.24) is 0 Å². The van der Waals surface area contributed by atoms with Gasteiger partial charge >= 0.3 is 0 Å². The van der Waals surface area contributed by atoms with Gasteiger partial charge in [-0.25, -0.2) is 0 Å². The van der Waals surface area contributed by atoms with Crippen molar-refractivity contribution in [3.8, 4) is 0 Å². The van der Waals surface area contributed by atoms with Crippen LogP contribution in [0.5, 0.6) is 0 Å². The van der Waals surface area contributed by atoms with E-state index in [9.17, 15) is 0 Å². The maximum atomic E-state index is 2.52. The van der Waals surface area contributed by atoms with Gasteiger partial charge in [-0.05, 0) is 38.0 Å². The first-order valence-corrected chi connectivity index (χ1v) is 5.08. The molecule has 0 aliphatic heterocycles. The predicted molar refractivity (Wildman–Crippen MR) is 50.1 cm³/mol. The van der Waals surface area contributed by atoms with Gasteiger partial charge in [0.05, 0.1) is 0 Å². The molecule has 0 aromatic heterocycles. The monoisotopic (exact) mass is 152 g/mol. The first kappa shape index (κ1) is 9.09. The Morgan fingerprint density at radius 1 is 1.27 bits per heavy atom. The molecule has 0 heterocycles. The highest BCUT2D eigenvalue weighted by atomic mass is 14.2. The van der Waals surface area contributed by atoms with Crippen LogP contribution in [0.3, 0.4) is 0 Å². The van der Waals surface area contributed by atoms with Crippen molar-refractivity contribution in [1.29, 1.82) is 0 Å². The van der Waals surface area contributed by atoms with Gasteiger partial charge in [0.25, 0.3) is 0 Å². The molecule has 2 radical (unpaired) electrons. The van der Waals surface area contributed by atoms with E-state index >= 15 is 0 Å². The molecule has 1 fully saturated rings. The van der Waals surface area contributed by atoms with Crippen LogP contribution in [0.1, 0.15) is 51.9 Å². The van der Waals surface area contributed by atoms with Crippen molar-refractivity contribution in [3.63, 3.8) is 0 Å². The summed E-state index contributed by atoms with van der Waals surface area (Å²) in [5, 5.41) is 0. The second-order valence-electron chi connectivity index (χ2n) is 3.59. The molecule has 1 aliphatic carbocycles. The number of hydrogen-bond donors (Lipinski definition) is 0. The highest BCUT2D eigenvalue weighted by Crippen LogP contribution is 2.26. The molecule has 0 N–H and O–H groups in total. The smallest absolute Gasteiger partial charge is 0.0355 e. The van der Waals surface area contributed by atoms with Crippen molar-refractivity contribution in [2.75, 3.05) is 0 Å². The zero-order valence-corrected chi connectivity index (χ0v) is 7.68. The molecule has 1 aliphatic rings. The Morgan fingerprint density at radius 2 is 2.18 bits per heavy atom. The lowest BCUT2D eigenvalue weighted by molar-refractivity contribution is 0.458. The third kappa shape index (κ3) is 3.79. The Labute approximate surface area is 71.4 Å². The van der Waals surface area contributed by atoms with Crippen molar-refractivity contribution < 1.29 is 0 Å². The molecular formula is C11H20. The standard InChI is InChI=1S/C11H20/c1-2-3-5-8-11-9-6-4-7-10-11/h6,10-11H,2-5,7-9H2,1H3. The second-order valence-corrected chi connectivity index (χ2v) is 3.59. The van der Waals surface area contributed by atoms with Crippen LogP contribution >= 0.6 is 0 Å². The molecule has 1 saturated carbocycles. The van der Waals surface area contributed by atoms with Crippen LogP contribution in [0.4, 0.5) is 0 Å². The zero-order valence-electron chi connectivity index (χ0n) is 7.68. The topological polar surface area (TPSA) is 0 Å². The molecule has 0 nitrogen and oxygen atoms in total. The summed E-state index contributed by atoms with van der Waals surface area (Å²) in [6, 6.07) is 0. The average molecular weight is 152 g/mol. The van der Waals surface area contributed by atoms with Crippen molar-refractivity contribution >= 4 is 0 Å². The number of hydrogen-bond acceptors (Lipinski definition) is 0. The van der Waals surface area contributed by atoms with Gasteiger partial charge in [-0.2, -0.15) is 0 Å². The summed E-state index contributed by atoms with van der Waals surface area (Å²) in [5.74, 6) is 0.926. The first-order valence-electron chi connectivity index (χ1n) is 5.08. The van der Waals surface area contributed by atoms with E-state index in [4.69, 9.17) is 0 Å². The van der Waals surface area contributed by atoms with Gasteiger partial charge < -0.3 is 0 Å². The van der Waals surface area contributed by atoms with E-state index in [1.54, 1.807) is 0 Å². The van der Waals surface area contributed by atoms with Crippen LogP contribution in [0.2, 0.25) is 0 Å². The average Bonchev–Trinajstić information content (AvgIpc) is 2.07. The van der Waals surface area contributed by atoms with Crippen LogP contribution in [0.15, 0.2) is 0 Å². The molecule has 0 heteroatoms. The van der Waals surface area contributed by atoms with Crippen LogP contribution in [0.25, 0.3) is 0 Å². The molecule has 64 valence electrons. The van der Waals surface area contributed by atoms with E-state index < -0.39 is 0 Å². The normalized spacial score (nSPS) is 20.5. The molecule has 1 unspecified atom stereocenters. The minimum Gasteiger partial charge on any atom is -0.0654 e. The van der Waals surface area contributed by atoms with E-state index in [0.717, 1.165) is 5.92 Å². The van der Waals surface area contributed by atoms with E-state index in [2.05, 4.69) is 19.8 Å². The molecule has 11 heavy (non-hydrogen) atoms. The third-order valence-electron chi connectivity index (χ3n) is 2.52. The Balaban J connectivity index is 1.96. The maximum Gasteiger partial charge on any atom is -0.0355 e. The first-order chi connectivity index (χ1) is 5.43. The summed E-state index contributed by atoms with van der Waals surface area (Å²) in [7, 11) is 0. The Hall–Kier alpha value is 0. The molecule has 0 spiro atoms. The Bertz CT molecular complexity index is 80.0. The molecule has 0 bridgehead atoms. The highest BCUT2D eigenvalue weighted by Gasteiger charge is 2.12. The Kier molecular flexibility index (Phi) is 4.65. The van der Waals surface area contributed by atoms with Gasteiger partial charge in [0.1, 0.15) is 0 Å². The van der Waals surface area contributed by atoms with Gasteiger partial charge in [0.15, 0.2) is 0 Å². The SMILES string of the molecule is CCCCCC1[CH]CC[CH]C1. The van der Waals surface area contributed by atoms with Gasteiger partial charge in [-0.3, -0.25) is 0 Å². The fourth-order valence-electron chi connectivity index (χ4n) is 1.77. The summed E-state index contributed by atoms with van der Waals surface area (Å²) < 4.78 is 0. The minimum absolute atomic E-state index is 0.926. The predicted octanol–water partition coefficient (Wildman–Crippen LogP) is 3.78. The lowest BCUT2D eigenvalue weighted by atomic mass is 9.86. The van der Waals surface area contributed by atoms with E-state index in [0.29, 0.717) is 0 Å². The van der Waals surface area contributed by atoms with Gasteiger partial charge in [0, 0.05) is 0 Å². The molecule has 1 atom stereocenters. The molecule has 0 aromatic carbocycles. The summed E-state index contributed by atoms with van der Waals surface area (Å²) in [6.07, 6.45) is 14.6. The number of rotatable bonds is 4. The summed E-state index contributed by atoms with van der Waals surface area (Å²) in [5.41, 5.74) is 0. The second kappa shape index (κ2) is 5.62.